The van der Waals surface area contributed by atoms with E-state index in [1.807, 2.05) is 6.07 Å². The van der Waals surface area contributed by atoms with Gasteiger partial charge in [0.15, 0.2) is 18.1 Å². The van der Waals surface area contributed by atoms with Gasteiger partial charge in [-0.25, -0.2) is 13.6 Å². The van der Waals surface area contributed by atoms with Crippen molar-refractivity contribution in [3.05, 3.63) is 59.7 Å². The summed E-state index contributed by atoms with van der Waals surface area (Å²) in [6.07, 6.45) is 3.57. The number of primary sulfonamides is 1. The molecule has 1 amide bonds. The number of carbonyl (C=O) groups is 1. The Balaban J connectivity index is 1.87. The van der Waals surface area contributed by atoms with Crippen molar-refractivity contribution in [3.8, 4) is 17.6 Å². The molecule has 0 saturated heterocycles. The summed E-state index contributed by atoms with van der Waals surface area (Å²) in [6.45, 7) is 0.306. The van der Waals surface area contributed by atoms with Crippen molar-refractivity contribution < 1.29 is 22.7 Å². The number of hydrogen-bond acceptors (Lipinski definition) is 6. The molecule has 2 rings (SSSR count). The van der Waals surface area contributed by atoms with E-state index in [0.717, 1.165) is 11.1 Å². The van der Waals surface area contributed by atoms with Crippen molar-refractivity contribution in [2.75, 3.05) is 20.3 Å². The van der Waals surface area contributed by atoms with E-state index in [0.29, 0.717) is 24.5 Å². The van der Waals surface area contributed by atoms with Crippen LogP contribution in [0.1, 0.15) is 11.1 Å². The van der Waals surface area contributed by atoms with Crippen molar-refractivity contribution >= 4 is 22.0 Å². The van der Waals surface area contributed by atoms with Gasteiger partial charge in [-0.05, 0) is 47.9 Å². The fraction of sp³-hybridized carbons (Fsp3) is 0.200. The number of amides is 1. The number of carbonyl (C=O) groups excluding carboxylic acids is 1. The molecule has 152 valence electrons. The van der Waals surface area contributed by atoms with Crippen LogP contribution in [0.15, 0.2) is 53.4 Å². The fourth-order valence-electron chi connectivity index (χ4n) is 2.42. The predicted octanol–water partition coefficient (Wildman–Crippen LogP) is 1.62. The molecule has 0 saturated carbocycles. The van der Waals surface area contributed by atoms with Crippen LogP contribution in [0.25, 0.3) is 6.08 Å². The molecule has 0 heterocycles. The molecule has 3 N–H and O–H groups in total. The first-order valence-corrected chi connectivity index (χ1v) is 10.1. The van der Waals surface area contributed by atoms with E-state index in [1.54, 1.807) is 36.4 Å². The van der Waals surface area contributed by atoms with Crippen LogP contribution in [0, 0.1) is 11.3 Å². The highest BCUT2D eigenvalue weighted by Crippen LogP contribution is 2.28. The second-order valence-corrected chi connectivity index (χ2v) is 7.48. The summed E-state index contributed by atoms with van der Waals surface area (Å²) in [5.41, 5.74) is 1.61. The minimum atomic E-state index is -3.71. The number of nitrogens with two attached hydrogens (primary N) is 1. The van der Waals surface area contributed by atoms with Crippen molar-refractivity contribution in [2.45, 2.75) is 11.3 Å². The average molecular weight is 415 g/mol. The first kappa shape index (κ1) is 21.9. The topological polar surface area (TPSA) is 132 Å². The Morgan fingerprint density at radius 2 is 1.93 bits per heavy atom. The van der Waals surface area contributed by atoms with Gasteiger partial charge in [0.2, 0.25) is 15.9 Å². The van der Waals surface area contributed by atoms with Gasteiger partial charge in [0.1, 0.15) is 6.07 Å². The molecule has 0 aromatic heterocycles. The van der Waals surface area contributed by atoms with Crippen molar-refractivity contribution in [3.63, 3.8) is 0 Å². The second kappa shape index (κ2) is 10.3. The largest absolute Gasteiger partial charge is 0.493 e. The summed E-state index contributed by atoms with van der Waals surface area (Å²) in [4.78, 5) is 12.0. The molecule has 0 unspecified atom stereocenters. The molecule has 2 aromatic rings. The Kier molecular flexibility index (Phi) is 7.77. The van der Waals surface area contributed by atoms with E-state index in [4.69, 9.17) is 19.9 Å². The highest BCUT2D eigenvalue weighted by molar-refractivity contribution is 7.89. The minimum Gasteiger partial charge on any atom is -0.493 e. The van der Waals surface area contributed by atoms with Gasteiger partial charge in [-0.2, -0.15) is 5.26 Å². The molecular weight excluding hydrogens is 394 g/mol. The summed E-state index contributed by atoms with van der Waals surface area (Å²) in [6, 6.07) is 13.2. The molecule has 29 heavy (non-hydrogen) atoms. The lowest BCUT2D eigenvalue weighted by atomic mass is 10.1. The SMILES string of the molecule is COc1cc(/C=C/C(=O)NCCc2ccc(S(N)(=O)=O)cc2)ccc1OCC#N. The van der Waals surface area contributed by atoms with Gasteiger partial charge in [0.05, 0.1) is 12.0 Å². The molecule has 0 aliphatic heterocycles. The Labute approximate surface area is 169 Å². The lowest BCUT2D eigenvalue weighted by molar-refractivity contribution is -0.116. The van der Waals surface area contributed by atoms with Crippen LogP contribution in [0.2, 0.25) is 0 Å². The highest BCUT2D eigenvalue weighted by Gasteiger charge is 2.07. The Hall–Kier alpha value is -3.35. The molecule has 0 aliphatic rings. The summed E-state index contributed by atoms with van der Waals surface area (Å²) in [7, 11) is -2.22. The van der Waals surface area contributed by atoms with Gasteiger partial charge < -0.3 is 14.8 Å². The zero-order valence-electron chi connectivity index (χ0n) is 15.8. The normalized spacial score (nSPS) is 11.1. The summed E-state index contributed by atoms with van der Waals surface area (Å²) in [5.74, 6) is 0.643. The zero-order valence-corrected chi connectivity index (χ0v) is 16.6. The van der Waals surface area contributed by atoms with E-state index in [1.165, 1.54) is 25.3 Å². The molecule has 0 aliphatic carbocycles. The summed E-state index contributed by atoms with van der Waals surface area (Å²) in [5, 5.41) is 16.4. The first-order chi connectivity index (χ1) is 13.8. The molecule has 0 radical (unpaired) electrons. The number of ether oxygens (including phenoxy) is 2. The van der Waals surface area contributed by atoms with E-state index in [9.17, 15) is 13.2 Å². The van der Waals surface area contributed by atoms with Crippen molar-refractivity contribution in [1.29, 1.82) is 5.26 Å². The van der Waals surface area contributed by atoms with Crippen molar-refractivity contribution in [2.24, 2.45) is 5.14 Å². The number of sulfonamides is 1. The number of rotatable bonds is 9. The van der Waals surface area contributed by atoms with Gasteiger partial charge >= 0.3 is 0 Å². The molecule has 8 nitrogen and oxygen atoms in total. The number of hydrogen-bond donors (Lipinski definition) is 2. The monoisotopic (exact) mass is 415 g/mol. The average Bonchev–Trinajstić information content (AvgIpc) is 2.70. The van der Waals surface area contributed by atoms with Crippen LogP contribution >= 0.6 is 0 Å². The Morgan fingerprint density at radius 3 is 2.55 bits per heavy atom. The molecule has 9 heteroatoms. The van der Waals surface area contributed by atoms with Gasteiger partial charge in [-0.15, -0.1) is 0 Å². The standard InChI is InChI=1S/C20H21N3O5S/c1-27-19-14-16(4-8-18(19)28-13-11-21)5-9-20(24)23-12-10-15-2-6-17(7-3-15)29(22,25)26/h2-9,14H,10,12-13H2,1H3,(H,23,24)(H2,22,25,26)/b9-5+. The second-order valence-electron chi connectivity index (χ2n) is 5.92. The summed E-state index contributed by atoms with van der Waals surface area (Å²) >= 11 is 0. The summed E-state index contributed by atoms with van der Waals surface area (Å²) < 4.78 is 32.9. The van der Waals surface area contributed by atoms with Crippen molar-refractivity contribution in [1.82, 2.24) is 5.32 Å². The third-order valence-electron chi connectivity index (χ3n) is 3.87. The van der Waals surface area contributed by atoms with Gasteiger partial charge in [0, 0.05) is 12.6 Å². The van der Waals surface area contributed by atoms with Crippen LogP contribution in [-0.4, -0.2) is 34.6 Å². The molecule has 0 bridgehead atoms. The third-order valence-corrected chi connectivity index (χ3v) is 4.80. The number of nitriles is 1. The van der Waals surface area contributed by atoms with Crippen LogP contribution in [0.4, 0.5) is 0 Å². The van der Waals surface area contributed by atoms with Gasteiger partial charge in [-0.3, -0.25) is 4.79 Å². The molecule has 2 aromatic carbocycles. The Morgan fingerprint density at radius 1 is 1.21 bits per heavy atom. The van der Waals surface area contributed by atoms with E-state index < -0.39 is 10.0 Å². The van der Waals surface area contributed by atoms with E-state index in [-0.39, 0.29) is 17.4 Å². The van der Waals surface area contributed by atoms with Crippen LogP contribution in [0.5, 0.6) is 11.5 Å². The maximum atomic E-state index is 12.0. The molecule has 0 spiro atoms. The van der Waals surface area contributed by atoms with E-state index >= 15 is 0 Å². The molecular formula is C20H21N3O5S. The third kappa shape index (κ3) is 6.95. The number of benzene rings is 2. The smallest absolute Gasteiger partial charge is 0.244 e. The predicted molar refractivity (Wildman–Crippen MR) is 108 cm³/mol. The minimum absolute atomic E-state index is 0.0488. The number of methoxy groups -OCH3 is 1. The van der Waals surface area contributed by atoms with Crippen LogP contribution < -0.4 is 19.9 Å². The number of nitrogens with one attached hydrogen (secondary N) is 1. The highest BCUT2D eigenvalue weighted by atomic mass is 32.2. The maximum Gasteiger partial charge on any atom is 0.244 e. The quantitative estimate of drug-likeness (QED) is 0.598. The van der Waals surface area contributed by atoms with E-state index in [2.05, 4.69) is 5.32 Å². The lowest BCUT2D eigenvalue weighted by Gasteiger charge is -2.08. The first-order valence-electron chi connectivity index (χ1n) is 8.59. The lowest BCUT2D eigenvalue weighted by Crippen LogP contribution is -2.23. The maximum absolute atomic E-state index is 12.0. The zero-order chi connectivity index (χ0) is 21.3. The Bertz CT molecular complexity index is 1030. The van der Waals surface area contributed by atoms with Gasteiger partial charge in [0.25, 0.3) is 0 Å². The fourth-order valence-corrected chi connectivity index (χ4v) is 2.94. The molecule has 0 fully saturated rings. The van der Waals surface area contributed by atoms with Gasteiger partial charge in [-0.1, -0.05) is 18.2 Å². The molecule has 0 atom stereocenters. The van der Waals surface area contributed by atoms with Crippen LogP contribution in [0.3, 0.4) is 0 Å². The number of nitrogens with zero attached hydrogens (tertiary/aromatic N) is 1. The van der Waals surface area contributed by atoms with Crippen LogP contribution in [-0.2, 0) is 21.2 Å².